The second-order valence-electron chi connectivity index (χ2n) is 26.0. The number of carbonyl (C=O) groups is 2. The van der Waals surface area contributed by atoms with Crippen molar-refractivity contribution in [3.63, 3.8) is 0 Å². The van der Waals surface area contributed by atoms with Gasteiger partial charge in [-0.05, 0) is 89.9 Å². The summed E-state index contributed by atoms with van der Waals surface area (Å²) < 4.78 is 34.7. The fourth-order valence-electron chi connectivity index (χ4n) is 10.3. The molecule has 2 atom stereocenters. The number of hydrogen-bond donors (Lipinski definition) is 1. The van der Waals surface area contributed by atoms with E-state index in [1.807, 2.05) is 21.1 Å². The molecule has 0 aromatic rings. The smallest absolute Gasteiger partial charge is 0.462 e. The van der Waals surface area contributed by atoms with Crippen LogP contribution in [0.15, 0.2) is 122 Å². The highest BCUT2D eigenvalue weighted by Gasteiger charge is 2.27. The highest BCUT2D eigenvalue weighted by atomic mass is 31.2. The largest absolute Gasteiger partial charge is 0.472 e. The molecule has 0 bridgehead atoms. The zero-order chi connectivity index (χ0) is 65.5. The maximum Gasteiger partial charge on any atom is 0.472 e. The van der Waals surface area contributed by atoms with Crippen molar-refractivity contribution in [2.24, 2.45) is 0 Å². The summed E-state index contributed by atoms with van der Waals surface area (Å²) in [4.78, 5) is 35.9. The average molecular weight is 1280 g/mol. The van der Waals surface area contributed by atoms with E-state index >= 15 is 0 Å². The van der Waals surface area contributed by atoms with Crippen LogP contribution in [0.25, 0.3) is 0 Å². The zero-order valence-electron chi connectivity index (χ0n) is 59.1. The van der Waals surface area contributed by atoms with Gasteiger partial charge in [0.05, 0.1) is 27.7 Å². The van der Waals surface area contributed by atoms with E-state index in [0.29, 0.717) is 17.4 Å². The molecule has 10 heteroatoms. The van der Waals surface area contributed by atoms with E-state index < -0.39 is 26.5 Å². The Kier molecular flexibility index (Phi) is 67.0. The number of allylic oxidation sites excluding steroid dienone is 20. The van der Waals surface area contributed by atoms with E-state index in [1.165, 1.54) is 193 Å². The minimum Gasteiger partial charge on any atom is -0.462 e. The lowest BCUT2D eigenvalue weighted by molar-refractivity contribution is -0.870. The first kappa shape index (κ1) is 86.4. The minimum atomic E-state index is -4.41. The lowest BCUT2D eigenvalue weighted by Gasteiger charge is -2.24. The number of phosphoric acid groups is 1. The van der Waals surface area contributed by atoms with Crippen molar-refractivity contribution in [2.45, 2.75) is 328 Å². The van der Waals surface area contributed by atoms with Crippen molar-refractivity contribution in [3.8, 4) is 0 Å². The van der Waals surface area contributed by atoms with Crippen molar-refractivity contribution in [2.75, 3.05) is 47.5 Å². The maximum absolute atomic E-state index is 12.9. The summed E-state index contributed by atoms with van der Waals surface area (Å²) in [5.74, 6) is -0.845. The Labute approximate surface area is 556 Å². The molecule has 0 fully saturated rings. The summed E-state index contributed by atoms with van der Waals surface area (Å²) >= 11 is 0. The van der Waals surface area contributed by atoms with Gasteiger partial charge in [0.1, 0.15) is 19.8 Å². The predicted octanol–water partition coefficient (Wildman–Crippen LogP) is 24.6. The van der Waals surface area contributed by atoms with Gasteiger partial charge in [0.25, 0.3) is 0 Å². The highest BCUT2D eigenvalue weighted by Crippen LogP contribution is 2.43. The Balaban J connectivity index is 4.11. The molecular formula is C80H141NO8P+. The van der Waals surface area contributed by atoms with Crippen molar-refractivity contribution in [3.05, 3.63) is 122 Å². The van der Waals surface area contributed by atoms with Gasteiger partial charge in [0, 0.05) is 12.8 Å². The van der Waals surface area contributed by atoms with Crippen molar-refractivity contribution in [1.82, 2.24) is 0 Å². The van der Waals surface area contributed by atoms with Crippen LogP contribution in [0.2, 0.25) is 0 Å². The second-order valence-corrected chi connectivity index (χ2v) is 27.4. The van der Waals surface area contributed by atoms with Crippen LogP contribution >= 0.6 is 7.82 Å². The van der Waals surface area contributed by atoms with Gasteiger partial charge in [0.15, 0.2) is 6.10 Å². The Hall–Kier alpha value is -3.59. The van der Waals surface area contributed by atoms with Crippen molar-refractivity contribution < 1.29 is 42.1 Å². The zero-order valence-corrected chi connectivity index (χ0v) is 60.0. The molecule has 518 valence electrons. The van der Waals surface area contributed by atoms with Crippen LogP contribution in [0.4, 0.5) is 0 Å². The summed E-state index contributed by atoms with van der Waals surface area (Å²) in [6.07, 6.45) is 100. The van der Waals surface area contributed by atoms with E-state index in [-0.39, 0.29) is 32.0 Å². The fraction of sp³-hybridized carbons (Fsp3) is 0.725. The van der Waals surface area contributed by atoms with E-state index in [0.717, 1.165) is 96.3 Å². The van der Waals surface area contributed by atoms with E-state index in [4.69, 9.17) is 18.5 Å². The molecule has 0 amide bonds. The van der Waals surface area contributed by atoms with E-state index in [1.54, 1.807) is 0 Å². The third kappa shape index (κ3) is 73.5. The fourth-order valence-corrected chi connectivity index (χ4v) is 11.1. The number of hydrogen-bond acceptors (Lipinski definition) is 7. The number of rotatable bonds is 68. The first-order chi connectivity index (χ1) is 44.0. The molecule has 0 aromatic carbocycles. The van der Waals surface area contributed by atoms with Gasteiger partial charge >= 0.3 is 19.8 Å². The molecule has 1 N–H and O–H groups in total. The van der Waals surface area contributed by atoms with Gasteiger partial charge in [-0.3, -0.25) is 18.6 Å². The molecule has 0 spiro atoms. The number of carbonyl (C=O) groups excluding carboxylic acids is 2. The quantitative estimate of drug-likeness (QED) is 0.0211. The summed E-state index contributed by atoms with van der Waals surface area (Å²) in [6, 6.07) is 0. The van der Waals surface area contributed by atoms with Gasteiger partial charge in [0.2, 0.25) is 0 Å². The topological polar surface area (TPSA) is 108 Å². The summed E-state index contributed by atoms with van der Waals surface area (Å²) in [6.45, 7) is 4.30. The van der Waals surface area contributed by atoms with Gasteiger partial charge < -0.3 is 18.9 Å². The monoisotopic (exact) mass is 1280 g/mol. The van der Waals surface area contributed by atoms with Gasteiger partial charge in [-0.2, -0.15) is 0 Å². The van der Waals surface area contributed by atoms with Crippen LogP contribution in [-0.4, -0.2) is 74.9 Å². The molecule has 0 rings (SSSR count). The number of esters is 2. The molecule has 0 saturated heterocycles. The number of phosphoric ester groups is 1. The first-order valence-electron chi connectivity index (χ1n) is 37.3. The number of quaternary nitrogens is 1. The molecule has 9 nitrogen and oxygen atoms in total. The number of nitrogens with zero attached hydrogens (tertiary/aromatic N) is 1. The molecule has 0 aromatic heterocycles. The lowest BCUT2D eigenvalue weighted by atomic mass is 10.0. The summed E-state index contributed by atoms with van der Waals surface area (Å²) in [7, 11) is 1.44. The maximum atomic E-state index is 12.9. The van der Waals surface area contributed by atoms with Crippen LogP contribution in [-0.2, 0) is 32.7 Å². The molecule has 0 heterocycles. The third-order valence-electron chi connectivity index (χ3n) is 16.0. The Morgan fingerprint density at radius 3 is 0.944 bits per heavy atom. The van der Waals surface area contributed by atoms with E-state index in [2.05, 4.69) is 135 Å². The molecule has 2 unspecified atom stereocenters. The molecule has 0 radical (unpaired) electrons. The highest BCUT2D eigenvalue weighted by molar-refractivity contribution is 7.47. The van der Waals surface area contributed by atoms with Crippen LogP contribution in [0.1, 0.15) is 322 Å². The summed E-state index contributed by atoms with van der Waals surface area (Å²) in [5, 5.41) is 0. The molecule has 0 aliphatic heterocycles. The molecule has 0 aliphatic rings. The van der Waals surface area contributed by atoms with Crippen LogP contribution in [0.5, 0.6) is 0 Å². The molecular weight excluding hydrogens is 1130 g/mol. The minimum absolute atomic E-state index is 0.0181. The van der Waals surface area contributed by atoms with Crippen LogP contribution in [0.3, 0.4) is 0 Å². The number of unbranched alkanes of at least 4 members (excludes halogenated alkanes) is 34. The molecule has 0 saturated carbocycles. The SMILES string of the molecule is CC/C=C\C/C=C\C/C=C\C/C=C\C/C=C\C/C=C\C/C=C\C/C=C\C/C=C\C/C=C\CCCCC(=O)OC(COC(=O)CCCCCCCCCCCCCCCCCCCCCCCCCCCCCCCCCCC)COP(=O)(O)OCC[N+](C)(C)C. The average Bonchev–Trinajstić information content (AvgIpc) is 3.58. The van der Waals surface area contributed by atoms with Crippen molar-refractivity contribution in [1.29, 1.82) is 0 Å². The Bertz CT molecular complexity index is 1940. The van der Waals surface area contributed by atoms with Crippen LogP contribution < -0.4 is 0 Å². The van der Waals surface area contributed by atoms with Crippen LogP contribution in [0, 0.1) is 0 Å². The molecule has 90 heavy (non-hydrogen) atoms. The van der Waals surface area contributed by atoms with Gasteiger partial charge in [-0.25, -0.2) is 4.57 Å². The third-order valence-corrected chi connectivity index (χ3v) is 17.0. The number of ether oxygens (including phenoxy) is 2. The standard InChI is InChI=1S/C80H140NO8P/c1-6-8-10-12-14-16-18-20-22-24-26-28-30-32-34-36-38-40-42-44-46-48-50-52-54-56-58-60-62-64-66-68-70-72-79(82)86-76-78(77-88-90(84,85)87-75-74-81(3,4)5)89-80(83)73-71-69-67-65-63-61-59-57-55-53-51-49-47-45-43-41-39-37-35-33-31-29-27-25-23-21-19-17-15-13-11-9-7-2/h9,11,15,17,21,23,27,29,33,35,39,41,45,47,51,53,57,59,63,65,78H,6-8,10,12-14,16,18-20,22,24-26,28,30-32,34,36-38,40,42-44,46,48-50,52,54-56,58,60-62,64,66-77H2,1-5H3/p+1/b11-9-,17-15-,23-21-,29-27-,35-33-,41-39-,47-45-,53-51-,59-57-,65-63-. The van der Waals surface area contributed by atoms with E-state index in [9.17, 15) is 19.0 Å². The lowest BCUT2D eigenvalue weighted by Crippen LogP contribution is -2.37. The number of likely N-dealkylation sites (N-methyl/N-ethyl adjacent to an activating group) is 1. The van der Waals surface area contributed by atoms with Gasteiger partial charge in [-0.15, -0.1) is 0 Å². The second kappa shape index (κ2) is 69.7. The Morgan fingerprint density at radius 1 is 0.356 bits per heavy atom. The Morgan fingerprint density at radius 2 is 0.633 bits per heavy atom. The molecule has 0 aliphatic carbocycles. The van der Waals surface area contributed by atoms with Gasteiger partial charge in [-0.1, -0.05) is 341 Å². The normalized spacial score (nSPS) is 13.8. The predicted molar refractivity (Wildman–Crippen MR) is 390 cm³/mol. The first-order valence-corrected chi connectivity index (χ1v) is 38.8. The van der Waals surface area contributed by atoms with Crippen molar-refractivity contribution >= 4 is 19.8 Å². The summed E-state index contributed by atoms with van der Waals surface area (Å²) in [5.41, 5.74) is 0.